The zero-order valence-electron chi connectivity index (χ0n) is 54.6. The van der Waals surface area contributed by atoms with Gasteiger partial charge in [-0.25, -0.2) is 0 Å². The largest absolute Gasteiger partial charge is 1.00 e. The van der Waals surface area contributed by atoms with Crippen LogP contribution in [-0.2, 0) is 67.1 Å². The number of aliphatic hydroxyl groups excluding tert-OH is 1. The van der Waals surface area contributed by atoms with Crippen molar-refractivity contribution in [2.24, 2.45) is 0 Å². The molecule has 24 nitrogen and oxygen atoms in total. The van der Waals surface area contributed by atoms with Gasteiger partial charge in [-0.2, -0.15) is 0 Å². The number of amides is 7. The Morgan fingerprint density at radius 2 is 0.820 bits per heavy atom. The third kappa shape index (κ3) is 55.9. The van der Waals surface area contributed by atoms with E-state index < -0.39 is 154 Å². The number of carbonyl (C=O) groups is 13. The van der Waals surface area contributed by atoms with Crippen LogP contribution < -0.4 is 95.9 Å². The summed E-state index contributed by atoms with van der Waals surface area (Å²) in [6.07, 6.45) is 32.3. The van der Waals surface area contributed by atoms with Gasteiger partial charge in [0.15, 0.2) is 11.6 Å². The fourth-order valence-corrected chi connectivity index (χ4v) is 9.20. The van der Waals surface area contributed by atoms with E-state index in [1.54, 1.807) is 6.08 Å². The molecule has 0 bridgehead atoms. The number of carboxylic acids is 2. The van der Waals surface area contributed by atoms with Gasteiger partial charge < -0.3 is 66.0 Å². The minimum absolute atomic E-state index is 0. The average molecular weight is 1280 g/mol. The number of aliphatic carboxylic acids is 2. The molecule has 0 spiro atoms. The van der Waals surface area contributed by atoms with Crippen molar-refractivity contribution in [3.05, 3.63) is 12.2 Å². The number of nitrogens with one attached hydrogen (secondary N) is 5. The summed E-state index contributed by atoms with van der Waals surface area (Å²) < 4.78 is 5.40. The first-order chi connectivity index (χ1) is 41.7. The number of nitrogens with zero attached hydrogens (tertiary/aromatic N) is 2. The summed E-state index contributed by atoms with van der Waals surface area (Å²) in [7, 11) is 0. The molecule has 0 radical (unpaired) electrons. The number of allylic oxidation sites excluding steroid dienone is 1. The fourth-order valence-electron chi connectivity index (χ4n) is 9.20. The zero-order chi connectivity index (χ0) is 64.9. The summed E-state index contributed by atoms with van der Waals surface area (Å²) in [5, 5.41) is 45.4. The van der Waals surface area contributed by atoms with E-state index in [0.29, 0.717) is 16.2 Å². The number of hydrogen-bond donors (Lipinski definition) is 6. The quantitative estimate of drug-likeness (QED) is 0.0121. The summed E-state index contributed by atoms with van der Waals surface area (Å²) in [4.78, 5) is 160. The maximum atomic E-state index is 13.1. The van der Waals surface area contributed by atoms with Crippen LogP contribution in [0.3, 0.4) is 0 Å². The number of rotatable bonds is 58. The molecule has 0 aromatic carbocycles. The summed E-state index contributed by atoms with van der Waals surface area (Å²) in [5.41, 5.74) is 0. The van der Waals surface area contributed by atoms with Crippen molar-refractivity contribution < 1.29 is 142 Å². The van der Waals surface area contributed by atoms with Gasteiger partial charge in [0.25, 0.3) is 0 Å². The van der Waals surface area contributed by atoms with Crippen molar-refractivity contribution in [1.29, 1.82) is 0 Å². The summed E-state index contributed by atoms with van der Waals surface area (Å²) in [6.45, 7) is -1.12. The Hall–Kier alpha value is -4.59. The smallest absolute Gasteiger partial charge is 0.548 e. The Bertz CT molecular complexity index is 2120. The number of unbranched alkanes of at least 4 members (excludes halogenated alkanes) is 25. The molecule has 0 aliphatic carbocycles. The number of esters is 1. The van der Waals surface area contributed by atoms with E-state index in [4.69, 9.17) is 4.74 Å². The van der Waals surface area contributed by atoms with Gasteiger partial charge in [0, 0.05) is 25.7 Å². The zero-order valence-corrected chi connectivity index (χ0v) is 58.6. The molecule has 0 unspecified atom stereocenters. The van der Waals surface area contributed by atoms with Gasteiger partial charge in [-0.15, -0.1) is 0 Å². The molecule has 0 saturated carbocycles. The molecule has 0 fully saturated rings. The maximum Gasteiger partial charge on any atom is 1.00 e. The fraction of sp³-hybridized carbons (Fsp3) is 0.762. The third-order valence-corrected chi connectivity index (χ3v) is 14.2. The molecule has 0 heterocycles. The van der Waals surface area contributed by atoms with Crippen LogP contribution in [0.25, 0.3) is 0 Å². The molecule has 0 aromatic rings. The van der Waals surface area contributed by atoms with Gasteiger partial charge >= 0.3 is 65.1 Å². The average Bonchev–Trinajstić information content (AvgIpc) is 3.64. The van der Waals surface area contributed by atoms with Gasteiger partial charge in [0.05, 0.1) is 89.3 Å². The van der Waals surface area contributed by atoms with E-state index >= 15 is 0 Å². The van der Waals surface area contributed by atoms with Gasteiger partial charge in [-0.05, 0) is 32.6 Å². The molecule has 0 saturated heterocycles. The molecular weight excluding hydrogens is 1170 g/mol. The van der Waals surface area contributed by atoms with Crippen molar-refractivity contribution in [3.63, 3.8) is 0 Å². The predicted molar refractivity (Wildman–Crippen MR) is 322 cm³/mol. The Kier molecular flexibility index (Phi) is 59.4. The first-order valence-corrected chi connectivity index (χ1v) is 32.0. The monoisotopic (exact) mass is 1280 g/mol. The SMILES string of the molecule is CCCCCCCCCCCCC/C=C/[C@@H](O)[C@@H](COC(=O)CCC(=O)NCC(=O)NCC(=O)N(CC(=O)[O-])CC(=O)CCCC(=O)CN(CC(=O)[O-])C(=O)CNC(=O)CNC(=O)CC(C)=O)NC(=O)CCCCCCCCCCCCCCCCC.[Na+].[Na+]. The minimum Gasteiger partial charge on any atom is -0.548 e. The van der Waals surface area contributed by atoms with E-state index in [1.165, 1.54) is 129 Å². The maximum absolute atomic E-state index is 13.1. The molecule has 89 heavy (non-hydrogen) atoms. The molecule has 0 aliphatic heterocycles. The number of carboxylic acid groups (broad SMARTS) is 2. The Balaban J connectivity index is -0.0000370. The number of Topliss-reactive ketones (excluding diaryl/α,β-unsaturated/α-hetero) is 3. The van der Waals surface area contributed by atoms with Crippen LogP contribution in [0.5, 0.6) is 0 Å². The van der Waals surface area contributed by atoms with Gasteiger partial charge in [0.2, 0.25) is 41.4 Å². The van der Waals surface area contributed by atoms with Gasteiger partial charge in [-0.1, -0.05) is 180 Å². The second-order valence-electron chi connectivity index (χ2n) is 22.5. The predicted octanol–water partition coefficient (Wildman–Crippen LogP) is -2.41. The van der Waals surface area contributed by atoms with Crippen LogP contribution >= 0.6 is 0 Å². The molecule has 2 atom stereocenters. The number of hydrogen-bond acceptors (Lipinski definition) is 17. The second-order valence-corrected chi connectivity index (χ2v) is 22.5. The molecule has 0 aromatic heterocycles. The molecule has 6 N–H and O–H groups in total. The molecule has 26 heteroatoms. The minimum atomic E-state index is -1.74. The number of carbonyl (C=O) groups excluding carboxylic acids is 13. The Labute approximate surface area is 572 Å². The van der Waals surface area contributed by atoms with Gasteiger partial charge in [-0.3, -0.25) is 52.7 Å². The Morgan fingerprint density at radius 3 is 1.22 bits per heavy atom. The van der Waals surface area contributed by atoms with Crippen molar-refractivity contribution in [1.82, 2.24) is 36.4 Å². The van der Waals surface area contributed by atoms with Crippen LogP contribution in [0.4, 0.5) is 0 Å². The molecule has 0 rings (SSSR count). The van der Waals surface area contributed by atoms with Gasteiger partial charge in [0.1, 0.15) is 12.4 Å². The van der Waals surface area contributed by atoms with Crippen LogP contribution in [0.15, 0.2) is 12.2 Å². The molecular formula is C63H105N7Na2O17. The van der Waals surface area contributed by atoms with Crippen molar-refractivity contribution >= 4 is 76.6 Å². The van der Waals surface area contributed by atoms with Crippen LogP contribution in [0.1, 0.15) is 239 Å². The Morgan fingerprint density at radius 1 is 0.438 bits per heavy atom. The number of aliphatic hydroxyl groups is 1. The van der Waals surface area contributed by atoms with Crippen molar-refractivity contribution in [2.75, 3.05) is 59.0 Å². The van der Waals surface area contributed by atoms with E-state index in [9.17, 15) is 77.6 Å². The van der Waals surface area contributed by atoms with E-state index in [2.05, 4.69) is 40.4 Å². The van der Waals surface area contributed by atoms with E-state index in [-0.39, 0.29) is 97.3 Å². The summed E-state index contributed by atoms with van der Waals surface area (Å²) >= 11 is 0. The molecule has 7 amide bonds. The standard InChI is InChI=1S/C63H107N7O17.2Na/c1-4-6-8-10-12-14-16-18-19-21-23-25-27-29-31-36-55(76)68-52(53(74)35-30-28-26-24-22-20-17-15-13-11-9-7-5-2)48-87-63(86)38-37-54(75)64-40-57(78)66-42-59(80)69(46-61(82)83)44-50(72)33-32-34-51(73)45-70(47-62(84)85)60(81)43-67-58(79)41-65-56(77)39-49(3)71;;/h30,35,52-53,74H,4-29,31-34,36-48H2,1-3H3,(H,64,75)(H,65,77)(H,66,78)(H,67,79)(H,68,76)(H,82,83)(H,84,85);;/q;2*+1/p-2/b35-30+;;/t52-,53-;;/m1../s1. The molecule has 496 valence electrons. The summed E-state index contributed by atoms with van der Waals surface area (Å²) in [6, 6.07) is -0.940. The van der Waals surface area contributed by atoms with Crippen LogP contribution in [0, 0.1) is 0 Å². The summed E-state index contributed by atoms with van der Waals surface area (Å²) in [5.74, 6) is -11.6. The normalized spacial score (nSPS) is 11.4. The van der Waals surface area contributed by atoms with Crippen LogP contribution in [-0.4, -0.2) is 163 Å². The third-order valence-electron chi connectivity index (χ3n) is 14.2. The topological polar surface area (TPSA) is 364 Å². The number of ether oxygens (including phenoxy) is 1. The molecule has 0 aliphatic rings. The van der Waals surface area contributed by atoms with Crippen LogP contribution in [0.2, 0.25) is 0 Å². The second kappa shape index (κ2) is 59.7. The van der Waals surface area contributed by atoms with E-state index in [0.717, 1.165) is 44.9 Å². The van der Waals surface area contributed by atoms with Crippen molar-refractivity contribution in [2.45, 2.75) is 251 Å². The van der Waals surface area contributed by atoms with E-state index in [1.807, 2.05) is 6.08 Å². The first kappa shape index (κ1) is 88.6. The van der Waals surface area contributed by atoms with Crippen molar-refractivity contribution in [3.8, 4) is 0 Å². The number of ketones is 3. The first-order valence-electron chi connectivity index (χ1n) is 32.0.